The quantitative estimate of drug-likeness (QED) is 0.901. The van der Waals surface area contributed by atoms with Crippen LogP contribution in [0, 0.1) is 5.92 Å². The molecule has 0 atom stereocenters. The van der Waals surface area contributed by atoms with Gasteiger partial charge < -0.3 is 5.32 Å². The Kier molecular flexibility index (Phi) is 5.74. The second-order valence-electron chi connectivity index (χ2n) is 6.20. The third kappa shape index (κ3) is 4.81. The van der Waals surface area contributed by atoms with Gasteiger partial charge in [-0.2, -0.15) is 0 Å². The first-order valence-corrected chi connectivity index (χ1v) is 7.76. The fourth-order valence-electron chi connectivity index (χ4n) is 2.65. The molecule has 4 heteroatoms. The summed E-state index contributed by atoms with van der Waals surface area (Å²) in [4.78, 5) is 14.1. The number of anilines is 1. The van der Waals surface area contributed by atoms with E-state index in [1.54, 1.807) is 0 Å². The van der Waals surface area contributed by atoms with Crippen LogP contribution in [0.3, 0.4) is 0 Å². The van der Waals surface area contributed by atoms with Crippen molar-refractivity contribution in [1.82, 2.24) is 4.90 Å². The van der Waals surface area contributed by atoms with Crippen molar-refractivity contribution in [1.29, 1.82) is 0 Å². The minimum absolute atomic E-state index is 0.00555. The van der Waals surface area contributed by atoms with Crippen LogP contribution in [0.2, 0.25) is 0 Å². The molecule has 1 aromatic carbocycles. The van der Waals surface area contributed by atoms with Gasteiger partial charge in [0.1, 0.15) is 0 Å². The van der Waals surface area contributed by atoms with Crippen LogP contribution in [-0.4, -0.2) is 37.1 Å². The van der Waals surface area contributed by atoms with Crippen LogP contribution in [0.25, 0.3) is 0 Å². The van der Waals surface area contributed by atoms with E-state index in [9.17, 15) is 9.18 Å². The van der Waals surface area contributed by atoms with Crippen LogP contribution in [0.4, 0.5) is 10.1 Å². The Labute approximate surface area is 126 Å². The molecule has 0 radical (unpaired) electrons. The largest absolute Gasteiger partial charge is 0.325 e. The first kappa shape index (κ1) is 16.0. The molecule has 0 aromatic heterocycles. The number of hydrogen-bond acceptors (Lipinski definition) is 2. The average Bonchev–Trinajstić information content (AvgIpc) is 2.48. The number of benzene rings is 1. The summed E-state index contributed by atoms with van der Waals surface area (Å²) in [6, 6.07) is 7.99. The standard InChI is InChI=1S/C17H25FN2O/c1-13(2)15-3-5-16(6-4-15)19-17(21)12-20-9-7-14(11-18)8-10-20/h3-6,13-14H,7-12H2,1-2H3,(H,19,21). The second-order valence-corrected chi connectivity index (χ2v) is 6.20. The van der Waals surface area contributed by atoms with E-state index in [1.807, 2.05) is 24.3 Å². The van der Waals surface area contributed by atoms with Gasteiger partial charge in [-0.1, -0.05) is 26.0 Å². The Morgan fingerprint density at radius 3 is 2.43 bits per heavy atom. The van der Waals surface area contributed by atoms with Crippen molar-refractivity contribution in [2.24, 2.45) is 5.92 Å². The molecule has 3 nitrogen and oxygen atoms in total. The van der Waals surface area contributed by atoms with E-state index in [2.05, 4.69) is 24.1 Å². The molecule has 0 aliphatic carbocycles. The number of piperidine rings is 1. The lowest BCUT2D eigenvalue weighted by Gasteiger charge is -2.30. The van der Waals surface area contributed by atoms with Crippen LogP contribution >= 0.6 is 0 Å². The maximum Gasteiger partial charge on any atom is 0.238 e. The molecule has 0 spiro atoms. The van der Waals surface area contributed by atoms with E-state index in [0.29, 0.717) is 12.5 Å². The fourth-order valence-corrected chi connectivity index (χ4v) is 2.65. The van der Waals surface area contributed by atoms with Crippen molar-refractivity contribution >= 4 is 11.6 Å². The van der Waals surface area contributed by atoms with Gasteiger partial charge in [-0.3, -0.25) is 14.1 Å². The topological polar surface area (TPSA) is 32.3 Å². The molecular formula is C17H25FN2O. The van der Waals surface area contributed by atoms with E-state index in [-0.39, 0.29) is 18.5 Å². The van der Waals surface area contributed by atoms with Crippen molar-refractivity contribution in [3.8, 4) is 0 Å². The monoisotopic (exact) mass is 292 g/mol. The molecule has 0 bridgehead atoms. The third-order valence-electron chi connectivity index (χ3n) is 4.15. The highest BCUT2D eigenvalue weighted by Gasteiger charge is 2.20. The SMILES string of the molecule is CC(C)c1ccc(NC(=O)CN2CCC(CF)CC2)cc1. The molecule has 1 amide bonds. The smallest absolute Gasteiger partial charge is 0.238 e. The molecule has 1 aromatic rings. The Bertz CT molecular complexity index is 450. The Balaban J connectivity index is 1.79. The predicted octanol–water partition coefficient (Wildman–Crippen LogP) is 3.43. The number of carbonyl (C=O) groups is 1. The van der Waals surface area contributed by atoms with Crippen molar-refractivity contribution in [2.45, 2.75) is 32.6 Å². The van der Waals surface area contributed by atoms with Crippen LogP contribution < -0.4 is 5.32 Å². The van der Waals surface area contributed by atoms with Gasteiger partial charge in [0.2, 0.25) is 5.91 Å². The van der Waals surface area contributed by atoms with E-state index >= 15 is 0 Å². The zero-order valence-electron chi connectivity index (χ0n) is 12.9. The number of rotatable bonds is 5. The molecule has 21 heavy (non-hydrogen) atoms. The number of amides is 1. The highest BCUT2D eigenvalue weighted by molar-refractivity contribution is 5.92. The molecule has 1 saturated heterocycles. The highest BCUT2D eigenvalue weighted by atomic mass is 19.1. The normalized spacial score (nSPS) is 17.1. The van der Waals surface area contributed by atoms with Crippen LogP contribution in [0.5, 0.6) is 0 Å². The average molecular weight is 292 g/mol. The molecule has 0 saturated carbocycles. The molecule has 1 N–H and O–H groups in total. The minimum atomic E-state index is -0.234. The number of likely N-dealkylation sites (tertiary alicyclic amines) is 1. The summed E-state index contributed by atoms with van der Waals surface area (Å²) < 4.78 is 12.5. The number of hydrogen-bond donors (Lipinski definition) is 1. The first-order chi connectivity index (χ1) is 10.1. The molecule has 1 aliphatic rings. The van der Waals surface area contributed by atoms with Gasteiger partial charge in [-0.25, -0.2) is 0 Å². The van der Waals surface area contributed by atoms with Crippen molar-refractivity contribution in [3.63, 3.8) is 0 Å². The van der Waals surface area contributed by atoms with E-state index in [4.69, 9.17) is 0 Å². The predicted molar refractivity (Wildman–Crippen MR) is 84.3 cm³/mol. The Morgan fingerprint density at radius 1 is 1.29 bits per heavy atom. The van der Waals surface area contributed by atoms with Gasteiger partial charge in [0.05, 0.1) is 13.2 Å². The third-order valence-corrected chi connectivity index (χ3v) is 4.15. The van der Waals surface area contributed by atoms with E-state index < -0.39 is 0 Å². The van der Waals surface area contributed by atoms with Crippen LogP contribution in [0.15, 0.2) is 24.3 Å². The van der Waals surface area contributed by atoms with Gasteiger partial charge in [-0.15, -0.1) is 0 Å². The maximum atomic E-state index is 12.5. The van der Waals surface area contributed by atoms with Crippen molar-refractivity contribution in [3.05, 3.63) is 29.8 Å². The van der Waals surface area contributed by atoms with Crippen molar-refractivity contribution < 1.29 is 9.18 Å². The number of halogens is 1. The second kappa shape index (κ2) is 7.55. The molecule has 1 aliphatic heterocycles. The molecule has 2 rings (SSSR count). The molecular weight excluding hydrogens is 267 g/mol. The Hall–Kier alpha value is -1.42. The lowest BCUT2D eigenvalue weighted by Crippen LogP contribution is -2.39. The molecule has 1 heterocycles. The zero-order valence-corrected chi connectivity index (χ0v) is 12.9. The summed E-state index contributed by atoms with van der Waals surface area (Å²) in [5.41, 5.74) is 2.10. The summed E-state index contributed by atoms with van der Waals surface area (Å²) in [5.74, 6) is 0.686. The first-order valence-electron chi connectivity index (χ1n) is 7.76. The minimum Gasteiger partial charge on any atom is -0.325 e. The van der Waals surface area contributed by atoms with E-state index in [1.165, 1.54) is 5.56 Å². The van der Waals surface area contributed by atoms with Gasteiger partial charge in [0.25, 0.3) is 0 Å². The fraction of sp³-hybridized carbons (Fsp3) is 0.588. The maximum absolute atomic E-state index is 12.5. The number of nitrogens with zero attached hydrogens (tertiary/aromatic N) is 1. The van der Waals surface area contributed by atoms with Gasteiger partial charge >= 0.3 is 0 Å². The number of nitrogens with one attached hydrogen (secondary N) is 1. The Morgan fingerprint density at radius 2 is 1.90 bits per heavy atom. The highest BCUT2D eigenvalue weighted by Crippen LogP contribution is 2.18. The van der Waals surface area contributed by atoms with Gasteiger partial charge in [0, 0.05) is 5.69 Å². The van der Waals surface area contributed by atoms with Gasteiger partial charge in [-0.05, 0) is 55.5 Å². The summed E-state index contributed by atoms with van der Waals surface area (Å²) in [5, 5.41) is 2.93. The van der Waals surface area contributed by atoms with Crippen molar-refractivity contribution in [2.75, 3.05) is 31.6 Å². The molecule has 1 fully saturated rings. The zero-order chi connectivity index (χ0) is 15.2. The number of carbonyl (C=O) groups excluding carboxylic acids is 1. The number of alkyl halides is 1. The summed E-state index contributed by atoms with van der Waals surface area (Å²) >= 11 is 0. The summed E-state index contributed by atoms with van der Waals surface area (Å²) in [7, 11) is 0. The lowest BCUT2D eigenvalue weighted by atomic mass is 9.98. The summed E-state index contributed by atoms with van der Waals surface area (Å²) in [6.45, 7) is 6.08. The van der Waals surface area contributed by atoms with Crippen LogP contribution in [-0.2, 0) is 4.79 Å². The van der Waals surface area contributed by atoms with E-state index in [0.717, 1.165) is 31.6 Å². The summed E-state index contributed by atoms with van der Waals surface area (Å²) in [6.07, 6.45) is 1.71. The lowest BCUT2D eigenvalue weighted by molar-refractivity contribution is -0.117. The van der Waals surface area contributed by atoms with Crippen LogP contribution in [0.1, 0.15) is 38.2 Å². The van der Waals surface area contributed by atoms with Gasteiger partial charge in [0.15, 0.2) is 0 Å². The molecule has 0 unspecified atom stereocenters. The molecule has 116 valence electrons.